The highest BCUT2D eigenvalue weighted by Gasteiger charge is 2.28. The average molecular weight is 170 g/mol. The van der Waals surface area contributed by atoms with Crippen molar-refractivity contribution in [3.63, 3.8) is 0 Å². The lowest BCUT2D eigenvalue weighted by molar-refractivity contribution is -0.124. The second kappa shape index (κ2) is 3.39. The summed E-state index contributed by atoms with van der Waals surface area (Å²) in [4.78, 5) is 22.8. The van der Waals surface area contributed by atoms with Crippen molar-refractivity contribution in [3.8, 4) is 6.07 Å². The fourth-order valence-corrected chi connectivity index (χ4v) is 1.51. The Bertz CT molecular complexity index is 217. The summed E-state index contributed by atoms with van der Waals surface area (Å²) in [6, 6.07) is 1.88. The summed E-state index contributed by atoms with van der Waals surface area (Å²) < 4.78 is 0. The van der Waals surface area contributed by atoms with E-state index in [1.54, 1.807) is 0 Å². The lowest BCUT2D eigenvalue weighted by Crippen LogP contribution is -2.29. The second-order valence-electron chi connectivity index (χ2n) is 2.01. The molecular weight excluding hydrogens is 164 g/mol. The first-order chi connectivity index (χ1) is 5.25. The summed E-state index contributed by atoms with van der Waals surface area (Å²) in [5.41, 5.74) is 0. The molecular formula is C6H6N2O2S. The van der Waals surface area contributed by atoms with Crippen molar-refractivity contribution >= 4 is 22.9 Å². The highest BCUT2D eigenvalue weighted by Crippen LogP contribution is 2.18. The third-order valence-corrected chi connectivity index (χ3v) is 2.15. The lowest BCUT2D eigenvalue weighted by atomic mass is 10.4. The molecule has 5 heteroatoms. The zero-order valence-electron chi connectivity index (χ0n) is 5.74. The van der Waals surface area contributed by atoms with Gasteiger partial charge in [-0.2, -0.15) is 5.26 Å². The van der Waals surface area contributed by atoms with Crippen LogP contribution in [0.1, 0.15) is 6.42 Å². The summed E-state index contributed by atoms with van der Waals surface area (Å²) in [6.45, 7) is 0.237. The van der Waals surface area contributed by atoms with Crippen LogP contribution >= 0.6 is 11.8 Å². The molecule has 0 spiro atoms. The van der Waals surface area contributed by atoms with Crippen LogP contribution in [0.2, 0.25) is 0 Å². The van der Waals surface area contributed by atoms with E-state index in [2.05, 4.69) is 0 Å². The second-order valence-corrected chi connectivity index (χ2v) is 2.93. The highest BCUT2D eigenvalue weighted by atomic mass is 32.2. The maximum atomic E-state index is 10.9. The van der Waals surface area contributed by atoms with Crippen molar-refractivity contribution in [2.75, 3.05) is 12.3 Å². The van der Waals surface area contributed by atoms with Gasteiger partial charge in [0.05, 0.1) is 18.2 Å². The minimum absolute atomic E-state index is 0.185. The molecule has 0 N–H and O–H groups in total. The van der Waals surface area contributed by atoms with Gasteiger partial charge in [0.1, 0.15) is 0 Å². The summed E-state index contributed by atoms with van der Waals surface area (Å²) in [6.07, 6.45) is 0.220. The number of thioether (sulfide) groups is 1. The predicted octanol–water partition coefficient (Wildman–Crippen LogP) is 0.595. The number of amides is 2. The Hall–Kier alpha value is -1.02. The zero-order valence-corrected chi connectivity index (χ0v) is 6.56. The molecule has 1 fully saturated rings. The molecule has 0 aromatic carbocycles. The average Bonchev–Trinajstić information content (AvgIpc) is 2.29. The SMILES string of the molecule is N#CCCN1C(=O)CSC1=O. The number of carbonyl (C=O) groups is 2. The van der Waals surface area contributed by atoms with Gasteiger partial charge in [-0.25, -0.2) is 0 Å². The molecule has 0 aliphatic carbocycles. The van der Waals surface area contributed by atoms with Crippen LogP contribution in [-0.2, 0) is 4.79 Å². The molecule has 1 aliphatic rings. The monoisotopic (exact) mass is 170 g/mol. The van der Waals surface area contributed by atoms with Gasteiger partial charge in [-0.1, -0.05) is 11.8 Å². The van der Waals surface area contributed by atoms with Gasteiger partial charge in [-0.15, -0.1) is 0 Å². The van der Waals surface area contributed by atoms with E-state index in [0.29, 0.717) is 0 Å². The van der Waals surface area contributed by atoms with Gasteiger partial charge in [0, 0.05) is 6.54 Å². The fourth-order valence-electron chi connectivity index (χ4n) is 0.759. The third-order valence-electron chi connectivity index (χ3n) is 1.29. The molecule has 2 amide bonds. The maximum absolute atomic E-state index is 10.9. The molecule has 0 bridgehead atoms. The van der Waals surface area contributed by atoms with Crippen LogP contribution in [0.4, 0.5) is 4.79 Å². The van der Waals surface area contributed by atoms with Crippen LogP contribution in [0.25, 0.3) is 0 Å². The van der Waals surface area contributed by atoms with Gasteiger partial charge < -0.3 is 0 Å². The first-order valence-electron chi connectivity index (χ1n) is 3.10. The molecule has 58 valence electrons. The Morgan fingerprint density at radius 3 is 2.82 bits per heavy atom. The molecule has 0 aromatic rings. The number of hydrogen-bond donors (Lipinski definition) is 0. The summed E-state index contributed by atoms with van der Waals surface area (Å²) in [5.74, 6) is 0.0415. The van der Waals surface area contributed by atoms with Gasteiger partial charge in [0.15, 0.2) is 0 Å². The maximum Gasteiger partial charge on any atom is 0.288 e. The van der Waals surface area contributed by atoms with Crippen LogP contribution in [0.5, 0.6) is 0 Å². The Morgan fingerprint density at radius 1 is 1.64 bits per heavy atom. The largest absolute Gasteiger partial charge is 0.288 e. The molecule has 4 nitrogen and oxygen atoms in total. The summed E-state index contributed by atoms with van der Waals surface area (Å²) in [7, 11) is 0. The highest BCUT2D eigenvalue weighted by molar-refractivity contribution is 8.14. The third kappa shape index (κ3) is 1.71. The van der Waals surface area contributed by atoms with E-state index < -0.39 is 0 Å². The molecule has 11 heavy (non-hydrogen) atoms. The van der Waals surface area contributed by atoms with E-state index >= 15 is 0 Å². The van der Waals surface area contributed by atoms with Crippen molar-refractivity contribution in [1.29, 1.82) is 5.26 Å². The number of carbonyl (C=O) groups excluding carboxylic acids is 2. The molecule has 0 unspecified atom stereocenters. The number of nitriles is 1. The van der Waals surface area contributed by atoms with Gasteiger partial charge in [-0.3, -0.25) is 14.5 Å². The molecule has 0 radical (unpaired) electrons. The normalized spacial score (nSPS) is 17.2. The smallest absolute Gasteiger partial charge is 0.273 e. The zero-order chi connectivity index (χ0) is 8.27. The van der Waals surface area contributed by atoms with Crippen LogP contribution in [0, 0.1) is 11.3 Å². The molecule has 0 saturated carbocycles. The number of imide groups is 1. The Kier molecular flexibility index (Phi) is 2.49. The van der Waals surface area contributed by atoms with Crippen molar-refractivity contribution in [3.05, 3.63) is 0 Å². The predicted molar refractivity (Wildman–Crippen MR) is 39.8 cm³/mol. The van der Waals surface area contributed by atoms with Crippen LogP contribution in [0.3, 0.4) is 0 Å². The van der Waals surface area contributed by atoms with Crippen molar-refractivity contribution in [2.45, 2.75) is 6.42 Å². The summed E-state index contributed by atoms with van der Waals surface area (Å²) in [5, 5.41) is 7.96. The standard InChI is InChI=1S/C6H6N2O2S/c7-2-1-3-8-5(9)4-11-6(8)10/h1,3-4H2. The topological polar surface area (TPSA) is 61.2 Å². The van der Waals surface area contributed by atoms with E-state index in [1.165, 1.54) is 0 Å². The van der Waals surface area contributed by atoms with E-state index in [9.17, 15) is 9.59 Å². The van der Waals surface area contributed by atoms with E-state index in [-0.39, 0.29) is 29.9 Å². The van der Waals surface area contributed by atoms with E-state index in [4.69, 9.17) is 5.26 Å². The van der Waals surface area contributed by atoms with Gasteiger partial charge in [0.25, 0.3) is 5.24 Å². The first-order valence-corrected chi connectivity index (χ1v) is 4.08. The Balaban J connectivity index is 2.49. The number of hydrogen-bond acceptors (Lipinski definition) is 4. The fraction of sp³-hybridized carbons (Fsp3) is 0.500. The Morgan fingerprint density at radius 2 is 2.36 bits per heavy atom. The molecule has 0 aromatic heterocycles. The molecule has 1 saturated heterocycles. The van der Waals surface area contributed by atoms with Crippen molar-refractivity contribution < 1.29 is 9.59 Å². The number of nitrogens with zero attached hydrogens (tertiary/aromatic N) is 2. The van der Waals surface area contributed by atoms with E-state index in [0.717, 1.165) is 16.7 Å². The molecule has 0 atom stereocenters. The van der Waals surface area contributed by atoms with Crippen LogP contribution in [0.15, 0.2) is 0 Å². The van der Waals surface area contributed by atoms with Crippen molar-refractivity contribution in [2.24, 2.45) is 0 Å². The van der Waals surface area contributed by atoms with Gasteiger partial charge in [0.2, 0.25) is 5.91 Å². The summed E-state index contributed by atoms with van der Waals surface area (Å²) >= 11 is 0.992. The first kappa shape index (κ1) is 8.08. The van der Waals surface area contributed by atoms with Crippen LogP contribution in [-0.4, -0.2) is 28.3 Å². The van der Waals surface area contributed by atoms with E-state index in [1.807, 2.05) is 6.07 Å². The van der Waals surface area contributed by atoms with Crippen molar-refractivity contribution in [1.82, 2.24) is 4.90 Å². The Labute approximate surface area is 68.2 Å². The van der Waals surface area contributed by atoms with Crippen LogP contribution < -0.4 is 0 Å². The quantitative estimate of drug-likeness (QED) is 0.608. The minimum atomic E-state index is -0.231. The molecule has 1 rings (SSSR count). The molecule has 1 heterocycles. The minimum Gasteiger partial charge on any atom is -0.273 e. The van der Waals surface area contributed by atoms with Gasteiger partial charge >= 0.3 is 0 Å². The van der Waals surface area contributed by atoms with Gasteiger partial charge in [-0.05, 0) is 0 Å². The molecule has 1 aliphatic heterocycles. The lowest BCUT2D eigenvalue weighted by Gasteiger charge is -2.08. The number of rotatable bonds is 2.